The molecule has 1 N–H and O–H groups in total. The van der Waals surface area contributed by atoms with Gasteiger partial charge in [-0.3, -0.25) is 4.79 Å². The van der Waals surface area contributed by atoms with E-state index in [9.17, 15) is 9.90 Å². The zero-order valence-electron chi connectivity index (χ0n) is 13.9. The zero-order chi connectivity index (χ0) is 16.2. The molecule has 0 aromatic carbocycles. The number of amides is 1. The molecule has 0 spiro atoms. The maximum atomic E-state index is 12.5. The van der Waals surface area contributed by atoms with Crippen molar-refractivity contribution >= 4 is 5.91 Å². The van der Waals surface area contributed by atoms with Crippen LogP contribution >= 0.6 is 0 Å². The van der Waals surface area contributed by atoms with E-state index in [1.807, 2.05) is 15.7 Å². The minimum absolute atomic E-state index is 0.0423. The molecule has 1 aromatic heterocycles. The number of aliphatic hydroxyl groups is 1. The van der Waals surface area contributed by atoms with E-state index < -0.39 is 0 Å². The lowest BCUT2D eigenvalue weighted by Gasteiger charge is -2.27. The van der Waals surface area contributed by atoms with Gasteiger partial charge in [-0.15, -0.1) is 0 Å². The minimum atomic E-state index is -0.154. The molecule has 5 heteroatoms. The van der Waals surface area contributed by atoms with Gasteiger partial charge in [0.15, 0.2) is 5.76 Å². The second-order valence-electron chi connectivity index (χ2n) is 6.77. The highest BCUT2D eigenvalue weighted by molar-refractivity contribution is 5.95. The number of unbranched alkanes of at least 4 members (excludes halogenated alkanes) is 2. The third kappa shape index (κ3) is 3.59. The van der Waals surface area contributed by atoms with E-state index in [0.717, 1.165) is 44.2 Å². The van der Waals surface area contributed by atoms with Gasteiger partial charge in [0.05, 0.1) is 12.4 Å². The summed E-state index contributed by atoms with van der Waals surface area (Å²) in [5.41, 5.74) is 1.01. The molecule has 3 rings (SSSR count). The first-order chi connectivity index (χ1) is 11.2. The Kier molecular flexibility index (Phi) is 5.03. The summed E-state index contributed by atoms with van der Waals surface area (Å²) >= 11 is 0. The van der Waals surface area contributed by atoms with E-state index >= 15 is 0 Å². The van der Waals surface area contributed by atoms with Crippen molar-refractivity contribution in [1.82, 2.24) is 14.5 Å². The number of aliphatic hydroxyl groups excluding tert-OH is 1. The van der Waals surface area contributed by atoms with E-state index in [0.29, 0.717) is 12.5 Å². The average Bonchev–Trinajstić information content (AvgIpc) is 3.20. The molecule has 1 fully saturated rings. The van der Waals surface area contributed by atoms with Crippen molar-refractivity contribution in [2.75, 3.05) is 6.54 Å². The van der Waals surface area contributed by atoms with Crippen LogP contribution in [-0.4, -0.2) is 38.1 Å². The van der Waals surface area contributed by atoms with Crippen molar-refractivity contribution in [3.8, 4) is 0 Å². The molecule has 1 aliphatic heterocycles. The Balaban J connectivity index is 1.61. The second-order valence-corrected chi connectivity index (χ2v) is 6.77. The van der Waals surface area contributed by atoms with Gasteiger partial charge in [0.1, 0.15) is 0 Å². The molecule has 0 bridgehead atoms. The van der Waals surface area contributed by atoms with Crippen molar-refractivity contribution in [2.45, 2.75) is 64.5 Å². The van der Waals surface area contributed by atoms with E-state index in [2.05, 4.69) is 11.9 Å². The van der Waals surface area contributed by atoms with Gasteiger partial charge >= 0.3 is 0 Å². The number of carbonyl (C=O) groups is 1. The summed E-state index contributed by atoms with van der Waals surface area (Å²) in [5.74, 6) is 0.452. The number of carbonyl (C=O) groups excluding carboxylic acids is 1. The molecule has 23 heavy (non-hydrogen) atoms. The van der Waals surface area contributed by atoms with Crippen LogP contribution in [-0.2, 0) is 11.3 Å². The number of hydrogen-bond donors (Lipinski definition) is 1. The highest BCUT2D eigenvalue weighted by Crippen LogP contribution is 2.44. The topological polar surface area (TPSA) is 58.4 Å². The first-order valence-electron chi connectivity index (χ1n) is 8.91. The van der Waals surface area contributed by atoms with Crippen molar-refractivity contribution in [1.29, 1.82) is 0 Å². The third-order valence-electron chi connectivity index (χ3n) is 4.95. The summed E-state index contributed by atoms with van der Waals surface area (Å²) in [5, 5.41) is 10.3. The maximum absolute atomic E-state index is 12.5. The molecule has 0 saturated heterocycles. The van der Waals surface area contributed by atoms with Gasteiger partial charge in [-0.25, -0.2) is 4.98 Å². The molecule has 2 heterocycles. The Hall–Kier alpha value is -1.78. The van der Waals surface area contributed by atoms with Gasteiger partial charge in [0, 0.05) is 31.1 Å². The number of aromatic nitrogens is 2. The third-order valence-corrected chi connectivity index (χ3v) is 4.95. The molecular formula is C18H27N3O2. The highest BCUT2D eigenvalue weighted by Gasteiger charge is 2.46. The molecule has 5 nitrogen and oxygen atoms in total. The average molecular weight is 317 g/mol. The van der Waals surface area contributed by atoms with E-state index in [1.165, 1.54) is 12.8 Å². The fourth-order valence-corrected chi connectivity index (χ4v) is 3.59. The van der Waals surface area contributed by atoms with E-state index in [-0.39, 0.29) is 17.7 Å². The zero-order valence-corrected chi connectivity index (χ0v) is 13.9. The van der Waals surface area contributed by atoms with Gasteiger partial charge in [0.2, 0.25) is 0 Å². The first kappa shape index (κ1) is 16.1. The summed E-state index contributed by atoms with van der Waals surface area (Å²) in [4.78, 5) is 18.4. The fraction of sp³-hybridized carbons (Fsp3) is 0.667. The van der Waals surface area contributed by atoms with Crippen molar-refractivity contribution in [3.05, 3.63) is 30.1 Å². The largest absolute Gasteiger partial charge is 0.503 e. The van der Waals surface area contributed by atoms with Crippen LogP contribution in [0.25, 0.3) is 0 Å². The minimum Gasteiger partial charge on any atom is -0.503 e. The van der Waals surface area contributed by atoms with Gasteiger partial charge in [-0.1, -0.05) is 19.8 Å². The lowest BCUT2D eigenvalue weighted by molar-refractivity contribution is -0.129. The number of hydrogen-bond acceptors (Lipinski definition) is 3. The Morgan fingerprint density at radius 1 is 1.26 bits per heavy atom. The van der Waals surface area contributed by atoms with Gasteiger partial charge < -0.3 is 14.6 Å². The van der Waals surface area contributed by atoms with Crippen LogP contribution in [0, 0.1) is 5.92 Å². The van der Waals surface area contributed by atoms with Crippen LogP contribution in [0.15, 0.2) is 30.1 Å². The molecule has 1 amide bonds. The van der Waals surface area contributed by atoms with E-state index in [1.54, 1.807) is 12.5 Å². The fourth-order valence-electron chi connectivity index (χ4n) is 3.59. The van der Waals surface area contributed by atoms with Gasteiger partial charge in [-0.05, 0) is 38.0 Å². The van der Waals surface area contributed by atoms with Crippen LogP contribution < -0.4 is 0 Å². The lowest BCUT2D eigenvalue weighted by atomic mass is 9.97. The number of rotatable bonds is 9. The Morgan fingerprint density at radius 3 is 2.74 bits per heavy atom. The molecule has 1 aromatic rings. The Morgan fingerprint density at radius 2 is 2.09 bits per heavy atom. The summed E-state index contributed by atoms with van der Waals surface area (Å²) in [6, 6.07) is 0.155. The summed E-state index contributed by atoms with van der Waals surface area (Å²) in [6.45, 7) is 3.74. The summed E-state index contributed by atoms with van der Waals surface area (Å²) in [7, 11) is 0. The molecule has 0 radical (unpaired) electrons. The molecule has 126 valence electrons. The number of aryl methyl sites for hydroxylation is 1. The monoisotopic (exact) mass is 317 g/mol. The molecule has 1 aliphatic carbocycles. The van der Waals surface area contributed by atoms with E-state index in [4.69, 9.17) is 0 Å². The standard InChI is InChI=1S/C18H27N3O2/c1-2-3-4-6-15-16(14-7-8-14)21(18(23)17(15)22)11-5-10-20-12-9-19-13-20/h9,12-14,16,22H,2-8,10-11H2,1H3/t16-/m1/s1. The Labute approximate surface area is 138 Å². The summed E-state index contributed by atoms with van der Waals surface area (Å²) < 4.78 is 2.03. The predicted octanol–water partition coefficient (Wildman–Crippen LogP) is 3.29. The molecule has 1 atom stereocenters. The first-order valence-corrected chi connectivity index (χ1v) is 8.91. The van der Waals surface area contributed by atoms with Crippen molar-refractivity contribution in [3.63, 3.8) is 0 Å². The molecule has 1 saturated carbocycles. The number of nitrogens with zero attached hydrogens (tertiary/aromatic N) is 3. The maximum Gasteiger partial charge on any atom is 0.289 e. The van der Waals surface area contributed by atoms with Gasteiger partial charge in [0.25, 0.3) is 5.91 Å². The van der Waals surface area contributed by atoms with Crippen LogP contribution in [0.3, 0.4) is 0 Å². The smallest absolute Gasteiger partial charge is 0.289 e. The highest BCUT2D eigenvalue weighted by atomic mass is 16.3. The quantitative estimate of drug-likeness (QED) is 0.711. The molecular weight excluding hydrogens is 290 g/mol. The second kappa shape index (κ2) is 7.20. The Bertz CT molecular complexity index is 561. The summed E-state index contributed by atoms with van der Waals surface area (Å²) in [6.07, 6.45) is 13.0. The lowest BCUT2D eigenvalue weighted by Crippen LogP contribution is -2.38. The number of imidazole rings is 1. The van der Waals surface area contributed by atoms with Crippen molar-refractivity contribution < 1.29 is 9.90 Å². The van der Waals surface area contributed by atoms with Crippen LogP contribution in [0.5, 0.6) is 0 Å². The predicted molar refractivity (Wildman–Crippen MR) is 88.9 cm³/mol. The molecule has 0 unspecified atom stereocenters. The van der Waals surface area contributed by atoms with Crippen LogP contribution in [0.1, 0.15) is 51.9 Å². The molecule has 2 aliphatic rings. The van der Waals surface area contributed by atoms with Crippen LogP contribution in [0.4, 0.5) is 0 Å². The SMILES string of the molecule is CCCCCC1=C(O)C(=O)N(CCCn2ccnc2)[C@@H]1C1CC1. The van der Waals surface area contributed by atoms with Gasteiger partial charge in [-0.2, -0.15) is 0 Å². The van der Waals surface area contributed by atoms with Crippen molar-refractivity contribution in [2.24, 2.45) is 5.92 Å². The normalized spacial score (nSPS) is 21.5. The van der Waals surface area contributed by atoms with Crippen LogP contribution in [0.2, 0.25) is 0 Å².